The van der Waals surface area contributed by atoms with Gasteiger partial charge in [-0.15, -0.1) is 0 Å². The number of rotatable bonds is 8. The number of carbonyl (C=O) groups is 1. The number of aromatic nitrogens is 3. The van der Waals surface area contributed by atoms with E-state index in [0.29, 0.717) is 18.7 Å². The van der Waals surface area contributed by atoms with E-state index in [1.54, 1.807) is 10.9 Å². The lowest BCUT2D eigenvalue weighted by Gasteiger charge is -2.13. The summed E-state index contributed by atoms with van der Waals surface area (Å²) in [5, 5.41) is 7.15. The molecule has 1 aromatic carbocycles. The van der Waals surface area contributed by atoms with Gasteiger partial charge in [-0.2, -0.15) is 5.10 Å². The average Bonchev–Trinajstić information content (AvgIpc) is 3.31. The van der Waals surface area contributed by atoms with Crippen LogP contribution in [0.25, 0.3) is 5.82 Å². The second-order valence-corrected chi connectivity index (χ2v) is 6.13. The number of hydrogen-bond acceptors (Lipinski definition) is 3. The van der Waals surface area contributed by atoms with Crippen LogP contribution in [0.1, 0.15) is 35.4 Å². The van der Waals surface area contributed by atoms with Crippen molar-refractivity contribution in [3.05, 3.63) is 72.2 Å². The van der Waals surface area contributed by atoms with Crippen LogP contribution in [0.3, 0.4) is 0 Å². The molecular weight excluding hydrogens is 328 g/mol. The summed E-state index contributed by atoms with van der Waals surface area (Å²) in [7, 11) is 1.82. The first kappa shape index (κ1) is 17.9. The molecule has 1 amide bonds. The fraction of sp³-hybridized carbons (Fsp3) is 0.300. The smallest absolute Gasteiger partial charge is 0.256 e. The lowest BCUT2D eigenvalue weighted by molar-refractivity contribution is 0.0635. The lowest BCUT2D eigenvalue weighted by Crippen LogP contribution is -2.26. The van der Waals surface area contributed by atoms with Gasteiger partial charge in [0.15, 0.2) is 0 Å². The van der Waals surface area contributed by atoms with E-state index in [2.05, 4.69) is 22.5 Å². The molecule has 0 spiro atoms. The first-order chi connectivity index (χ1) is 12.7. The molecule has 0 aliphatic carbocycles. The topological polar surface area (TPSA) is 61.1 Å². The number of aryl methyl sites for hydroxylation is 1. The number of carbonyl (C=O) groups excluding carboxylic acids is 1. The van der Waals surface area contributed by atoms with Crippen molar-refractivity contribution < 1.29 is 9.53 Å². The van der Waals surface area contributed by atoms with Crippen molar-refractivity contribution in [2.75, 3.05) is 13.2 Å². The largest absolute Gasteiger partial charge is 0.374 e. The molecular formula is C20H24N4O2. The van der Waals surface area contributed by atoms with Gasteiger partial charge in [-0.25, -0.2) is 0 Å². The Morgan fingerprint density at radius 1 is 1.19 bits per heavy atom. The van der Waals surface area contributed by atoms with Crippen LogP contribution in [-0.4, -0.2) is 33.4 Å². The van der Waals surface area contributed by atoms with Crippen LogP contribution in [0.15, 0.2) is 61.1 Å². The molecule has 3 aromatic rings. The maximum Gasteiger partial charge on any atom is 0.256 e. The number of hydrogen-bond donors (Lipinski definition) is 1. The summed E-state index contributed by atoms with van der Waals surface area (Å²) in [5.74, 6) is 0.624. The minimum absolute atomic E-state index is 0.0468. The Bertz CT molecular complexity index is 825. The van der Waals surface area contributed by atoms with E-state index in [1.807, 2.05) is 61.3 Å². The van der Waals surface area contributed by atoms with E-state index < -0.39 is 0 Å². The van der Waals surface area contributed by atoms with Crippen molar-refractivity contribution in [1.29, 1.82) is 0 Å². The zero-order chi connectivity index (χ0) is 18.4. The van der Waals surface area contributed by atoms with E-state index in [0.717, 1.165) is 17.8 Å². The molecule has 136 valence electrons. The highest BCUT2D eigenvalue weighted by Gasteiger charge is 2.16. The molecule has 0 saturated heterocycles. The number of ether oxygens (including phenoxy) is 1. The van der Waals surface area contributed by atoms with Gasteiger partial charge in [-0.3, -0.25) is 9.48 Å². The SMILES string of the molecule is C[C@H](OCCCNC(=O)c1cnn(C)c1-n1cccc1)c1ccccc1. The highest BCUT2D eigenvalue weighted by molar-refractivity contribution is 5.97. The predicted octanol–water partition coefficient (Wildman–Crippen LogP) is 3.11. The predicted molar refractivity (Wildman–Crippen MR) is 100 cm³/mol. The van der Waals surface area contributed by atoms with E-state index in [4.69, 9.17) is 4.74 Å². The number of nitrogens with zero attached hydrogens (tertiary/aromatic N) is 3. The normalized spacial score (nSPS) is 12.1. The monoisotopic (exact) mass is 352 g/mol. The van der Waals surface area contributed by atoms with Crippen molar-refractivity contribution in [3.63, 3.8) is 0 Å². The van der Waals surface area contributed by atoms with Gasteiger partial charge >= 0.3 is 0 Å². The molecule has 6 heteroatoms. The molecule has 0 aliphatic heterocycles. The third-order valence-corrected chi connectivity index (χ3v) is 4.24. The summed E-state index contributed by atoms with van der Waals surface area (Å²) in [6.07, 6.45) is 6.19. The zero-order valence-electron chi connectivity index (χ0n) is 15.1. The molecule has 0 radical (unpaired) electrons. The molecule has 2 aromatic heterocycles. The summed E-state index contributed by atoms with van der Waals surface area (Å²) >= 11 is 0. The molecule has 6 nitrogen and oxygen atoms in total. The molecule has 0 saturated carbocycles. The quantitative estimate of drug-likeness (QED) is 0.634. The zero-order valence-corrected chi connectivity index (χ0v) is 15.1. The molecule has 0 unspecified atom stereocenters. The van der Waals surface area contributed by atoms with Gasteiger partial charge < -0.3 is 14.6 Å². The summed E-state index contributed by atoms with van der Waals surface area (Å²) in [6.45, 7) is 3.18. The van der Waals surface area contributed by atoms with Crippen molar-refractivity contribution >= 4 is 5.91 Å². The number of amides is 1. The fourth-order valence-electron chi connectivity index (χ4n) is 2.82. The second-order valence-electron chi connectivity index (χ2n) is 6.13. The van der Waals surface area contributed by atoms with Crippen LogP contribution in [0, 0.1) is 0 Å². The van der Waals surface area contributed by atoms with Gasteiger partial charge in [0.2, 0.25) is 0 Å². The van der Waals surface area contributed by atoms with Gasteiger partial charge in [0.1, 0.15) is 11.4 Å². The first-order valence-corrected chi connectivity index (χ1v) is 8.77. The Hall–Kier alpha value is -2.86. The van der Waals surface area contributed by atoms with Crippen LogP contribution < -0.4 is 5.32 Å². The lowest BCUT2D eigenvalue weighted by atomic mass is 10.1. The Morgan fingerprint density at radius 2 is 1.92 bits per heavy atom. The molecule has 0 fully saturated rings. The van der Waals surface area contributed by atoms with Crippen LogP contribution in [0.4, 0.5) is 0 Å². The Kier molecular flexibility index (Phi) is 5.86. The minimum atomic E-state index is -0.127. The minimum Gasteiger partial charge on any atom is -0.374 e. The molecule has 0 aliphatic rings. The molecule has 1 N–H and O–H groups in total. The van der Waals surface area contributed by atoms with Gasteiger partial charge in [-0.05, 0) is 31.0 Å². The van der Waals surface area contributed by atoms with Gasteiger partial charge in [-0.1, -0.05) is 30.3 Å². The highest BCUT2D eigenvalue weighted by atomic mass is 16.5. The van der Waals surface area contributed by atoms with Crippen molar-refractivity contribution in [2.24, 2.45) is 7.05 Å². The summed E-state index contributed by atoms with van der Waals surface area (Å²) in [4.78, 5) is 12.5. The summed E-state index contributed by atoms with van der Waals surface area (Å²) < 4.78 is 9.41. The van der Waals surface area contributed by atoms with Gasteiger partial charge in [0.05, 0.1) is 12.3 Å². The maximum absolute atomic E-state index is 12.5. The first-order valence-electron chi connectivity index (χ1n) is 8.77. The summed E-state index contributed by atoms with van der Waals surface area (Å²) in [6, 6.07) is 13.9. The maximum atomic E-state index is 12.5. The molecule has 0 bridgehead atoms. The Balaban J connectivity index is 1.47. The van der Waals surface area contributed by atoms with Crippen LogP contribution in [-0.2, 0) is 11.8 Å². The average molecular weight is 352 g/mol. The third kappa shape index (κ3) is 4.21. The van der Waals surface area contributed by atoms with Gasteiger partial charge in [0.25, 0.3) is 5.91 Å². The molecule has 2 heterocycles. The van der Waals surface area contributed by atoms with E-state index in [9.17, 15) is 4.79 Å². The van der Waals surface area contributed by atoms with Crippen molar-refractivity contribution in [2.45, 2.75) is 19.4 Å². The van der Waals surface area contributed by atoms with Crippen LogP contribution >= 0.6 is 0 Å². The van der Waals surface area contributed by atoms with Crippen molar-refractivity contribution in [3.8, 4) is 5.82 Å². The van der Waals surface area contributed by atoms with E-state index in [1.165, 1.54) is 0 Å². The van der Waals surface area contributed by atoms with Crippen LogP contribution in [0.2, 0.25) is 0 Å². The highest BCUT2D eigenvalue weighted by Crippen LogP contribution is 2.16. The molecule has 26 heavy (non-hydrogen) atoms. The third-order valence-electron chi connectivity index (χ3n) is 4.24. The second kappa shape index (κ2) is 8.49. The number of nitrogens with one attached hydrogen (secondary N) is 1. The van der Waals surface area contributed by atoms with E-state index in [-0.39, 0.29) is 12.0 Å². The molecule has 1 atom stereocenters. The van der Waals surface area contributed by atoms with Crippen LogP contribution in [0.5, 0.6) is 0 Å². The Morgan fingerprint density at radius 3 is 2.65 bits per heavy atom. The summed E-state index contributed by atoms with van der Waals surface area (Å²) in [5.41, 5.74) is 1.71. The number of benzene rings is 1. The van der Waals surface area contributed by atoms with E-state index >= 15 is 0 Å². The standard InChI is InChI=1S/C20H24N4O2/c1-16(17-9-4-3-5-10-17)26-14-8-11-21-19(25)18-15-22-23(2)20(18)24-12-6-7-13-24/h3-7,9-10,12-13,15-16H,8,11,14H2,1-2H3,(H,21,25)/t16-/m0/s1. The van der Waals surface area contributed by atoms with Gasteiger partial charge in [0, 0.05) is 32.6 Å². The fourth-order valence-corrected chi connectivity index (χ4v) is 2.82. The Labute approximate surface area is 153 Å². The molecule has 3 rings (SSSR count). The van der Waals surface area contributed by atoms with Crippen molar-refractivity contribution in [1.82, 2.24) is 19.7 Å².